The van der Waals surface area contributed by atoms with Crippen molar-refractivity contribution in [2.45, 2.75) is 40.4 Å². The molecule has 0 radical (unpaired) electrons. The van der Waals surface area contributed by atoms with Crippen LogP contribution in [0.3, 0.4) is 0 Å². The minimum atomic E-state index is -4.03. The highest BCUT2D eigenvalue weighted by Gasteiger charge is 2.24. The number of hydrogen-bond acceptors (Lipinski definition) is 8. The highest BCUT2D eigenvalue weighted by molar-refractivity contribution is 7.98. The molecule has 2 aromatic carbocycles. The van der Waals surface area contributed by atoms with Crippen LogP contribution in [-0.2, 0) is 20.0 Å². The smallest absolute Gasteiger partial charge is 0.263 e. The molecule has 36 heavy (non-hydrogen) atoms. The Labute approximate surface area is 219 Å². The third-order valence-electron chi connectivity index (χ3n) is 5.68. The molecule has 1 aromatic heterocycles. The summed E-state index contributed by atoms with van der Waals surface area (Å²) in [5, 5.41) is 1.88. The number of carbonyl (C=O) groups is 1. The van der Waals surface area contributed by atoms with Gasteiger partial charge < -0.3 is 4.90 Å². The third-order valence-corrected chi connectivity index (χ3v) is 10.0. The summed E-state index contributed by atoms with van der Waals surface area (Å²) in [5.74, 6) is -0.166. The van der Waals surface area contributed by atoms with Gasteiger partial charge in [-0.3, -0.25) is 14.2 Å². The predicted molar refractivity (Wildman–Crippen MR) is 143 cm³/mol. The molecule has 0 atom stereocenters. The zero-order chi connectivity index (χ0) is 25.8. The molecular formula is C23H26N4O5S4. The van der Waals surface area contributed by atoms with Crippen molar-refractivity contribution < 1.29 is 21.6 Å². The highest BCUT2D eigenvalue weighted by Crippen LogP contribution is 2.27. The summed E-state index contributed by atoms with van der Waals surface area (Å²) in [5.41, 5.74) is 0.555. The standard InChI is InChI=1S/C23H26N4O5S4/c1-33-21-11-10-19(16-20(21)22(28)27-13-4-2-3-5-14-27)36(31,32)25-17-6-8-18(9-7-17)35(29,30)26-23-24-12-15-34-23/h6-12,15-16,25H,2-5,13-14H2,1H3,(H,24,26). The predicted octanol–water partition coefficient (Wildman–Crippen LogP) is 4.48. The number of aromatic nitrogens is 1. The minimum absolute atomic E-state index is 0.0321. The van der Waals surface area contributed by atoms with E-state index in [1.165, 1.54) is 54.4 Å². The van der Waals surface area contributed by atoms with Crippen LogP contribution in [0.2, 0.25) is 0 Å². The van der Waals surface area contributed by atoms with Crippen molar-refractivity contribution in [2.24, 2.45) is 0 Å². The van der Waals surface area contributed by atoms with Gasteiger partial charge in [-0.25, -0.2) is 21.8 Å². The zero-order valence-electron chi connectivity index (χ0n) is 19.5. The molecule has 192 valence electrons. The van der Waals surface area contributed by atoms with Crippen LogP contribution >= 0.6 is 23.1 Å². The van der Waals surface area contributed by atoms with E-state index in [2.05, 4.69) is 14.4 Å². The first kappa shape index (κ1) is 26.5. The van der Waals surface area contributed by atoms with Crippen LogP contribution < -0.4 is 9.44 Å². The topological polar surface area (TPSA) is 126 Å². The maximum absolute atomic E-state index is 13.2. The molecule has 13 heteroatoms. The second-order valence-corrected chi connectivity index (χ2v) is 13.2. The van der Waals surface area contributed by atoms with Gasteiger partial charge in [0.05, 0.1) is 15.4 Å². The van der Waals surface area contributed by atoms with E-state index in [1.807, 2.05) is 6.26 Å². The number of thioether (sulfide) groups is 1. The van der Waals surface area contributed by atoms with E-state index in [9.17, 15) is 21.6 Å². The summed E-state index contributed by atoms with van der Waals surface area (Å²) in [6.07, 6.45) is 7.37. The SMILES string of the molecule is CSc1ccc(S(=O)(=O)Nc2ccc(S(=O)(=O)Nc3nccs3)cc2)cc1C(=O)N1CCCCCC1. The lowest BCUT2D eigenvalue weighted by Crippen LogP contribution is -2.32. The summed E-state index contributed by atoms with van der Waals surface area (Å²) in [6.45, 7) is 1.32. The van der Waals surface area contributed by atoms with E-state index >= 15 is 0 Å². The van der Waals surface area contributed by atoms with Gasteiger partial charge in [0.15, 0.2) is 5.13 Å². The normalized spacial score (nSPS) is 14.8. The van der Waals surface area contributed by atoms with Gasteiger partial charge in [-0.1, -0.05) is 12.8 Å². The number of benzene rings is 2. The average Bonchev–Trinajstić information content (AvgIpc) is 3.21. The number of carbonyl (C=O) groups excluding carboxylic acids is 1. The molecule has 0 bridgehead atoms. The summed E-state index contributed by atoms with van der Waals surface area (Å²) < 4.78 is 56.1. The van der Waals surface area contributed by atoms with Crippen molar-refractivity contribution >= 4 is 59.9 Å². The van der Waals surface area contributed by atoms with Crippen molar-refractivity contribution in [1.29, 1.82) is 0 Å². The lowest BCUT2D eigenvalue weighted by molar-refractivity contribution is 0.0758. The molecule has 0 spiro atoms. The molecule has 2 heterocycles. The van der Waals surface area contributed by atoms with Crippen molar-refractivity contribution in [2.75, 3.05) is 28.8 Å². The molecule has 0 unspecified atom stereocenters. The van der Waals surface area contributed by atoms with Crippen LogP contribution in [-0.4, -0.2) is 52.0 Å². The minimum Gasteiger partial charge on any atom is -0.339 e. The summed E-state index contributed by atoms with van der Waals surface area (Å²) in [7, 11) is -7.88. The number of thiazole rings is 1. The first-order chi connectivity index (χ1) is 17.2. The van der Waals surface area contributed by atoms with Gasteiger partial charge in [-0.2, -0.15) is 0 Å². The largest absolute Gasteiger partial charge is 0.339 e. The first-order valence-electron chi connectivity index (χ1n) is 11.2. The van der Waals surface area contributed by atoms with Gasteiger partial charge >= 0.3 is 0 Å². The number of amides is 1. The van der Waals surface area contributed by atoms with Gasteiger partial charge in [0.25, 0.3) is 26.0 Å². The monoisotopic (exact) mass is 566 g/mol. The number of rotatable bonds is 8. The molecule has 3 aromatic rings. The Morgan fingerprint density at radius 1 is 0.917 bits per heavy atom. The van der Waals surface area contributed by atoms with Crippen molar-refractivity contribution in [1.82, 2.24) is 9.88 Å². The van der Waals surface area contributed by atoms with Crippen LogP contribution in [0.15, 0.2) is 68.7 Å². The number of nitrogens with one attached hydrogen (secondary N) is 2. The summed E-state index contributed by atoms with van der Waals surface area (Å²) in [6, 6.07) is 9.87. The van der Waals surface area contributed by atoms with E-state index in [0.717, 1.165) is 37.0 Å². The number of likely N-dealkylation sites (tertiary alicyclic amines) is 1. The van der Waals surface area contributed by atoms with E-state index in [4.69, 9.17) is 0 Å². The molecule has 0 saturated carbocycles. The number of hydrogen-bond donors (Lipinski definition) is 2. The van der Waals surface area contributed by atoms with Gasteiger partial charge in [0, 0.05) is 35.2 Å². The van der Waals surface area contributed by atoms with Crippen molar-refractivity contribution in [3.63, 3.8) is 0 Å². The first-order valence-corrected chi connectivity index (χ1v) is 16.3. The Morgan fingerprint density at radius 3 is 2.17 bits per heavy atom. The van der Waals surface area contributed by atoms with Gasteiger partial charge in [-0.15, -0.1) is 23.1 Å². The number of nitrogens with zero attached hydrogens (tertiary/aromatic N) is 2. The Bertz CT molecular complexity index is 1420. The molecule has 9 nitrogen and oxygen atoms in total. The number of anilines is 2. The Kier molecular flexibility index (Phi) is 8.23. The van der Waals surface area contributed by atoms with Crippen LogP contribution in [0.5, 0.6) is 0 Å². The van der Waals surface area contributed by atoms with E-state index in [1.54, 1.807) is 16.3 Å². The van der Waals surface area contributed by atoms with E-state index in [-0.39, 0.29) is 26.5 Å². The molecule has 1 aliphatic rings. The van der Waals surface area contributed by atoms with Crippen LogP contribution in [0.4, 0.5) is 10.8 Å². The number of sulfonamides is 2. The molecular weight excluding hydrogens is 541 g/mol. The molecule has 0 aliphatic carbocycles. The van der Waals surface area contributed by atoms with Crippen molar-refractivity contribution in [3.8, 4) is 0 Å². The fourth-order valence-electron chi connectivity index (χ4n) is 3.83. The summed E-state index contributed by atoms with van der Waals surface area (Å²) in [4.78, 5) is 19.6. The van der Waals surface area contributed by atoms with E-state index < -0.39 is 20.0 Å². The fraction of sp³-hybridized carbons (Fsp3) is 0.304. The second-order valence-electron chi connectivity index (χ2n) is 8.14. The van der Waals surface area contributed by atoms with Crippen LogP contribution in [0.1, 0.15) is 36.0 Å². The highest BCUT2D eigenvalue weighted by atomic mass is 32.2. The summed E-state index contributed by atoms with van der Waals surface area (Å²) >= 11 is 2.54. The molecule has 1 saturated heterocycles. The second kappa shape index (κ2) is 11.2. The maximum Gasteiger partial charge on any atom is 0.263 e. The quantitative estimate of drug-likeness (QED) is 0.385. The molecule has 1 aliphatic heterocycles. The maximum atomic E-state index is 13.2. The van der Waals surface area contributed by atoms with Crippen molar-refractivity contribution in [3.05, 3.63) is 59.6 Å². The van der Waals surface area contributed by atoms with E-state index in [0.29, 0.717) is 23.5 Å². The molecule has 2 N–H and O–H groups in total. The fourth-order valence-corrected chi connectivity index (χ4v) is 7.27. The Hall–Kier alpha value is -2.61. The lowest BCUT2D eigenvalue weighted by Gasteiger charge is -2.22. The van der Waals surface area contributed by atoms with Crippen LogP contribution in [0, 0.1) is 0 Å². The molecule has 1 amide bonds. The third kappa shape index (κ3) is 6.20. The molecule has 1 fully saturated rings. The lowest BCUT2D eigenvalue weighted by atomic mass is 10.2. The van der Waals surface area contributed by atoms with Gasteiger partial charge in [0.1, 0.15) is 0 Å². The Morgan fingerprint density at radius 2 is 1.56 bits per heavy atom. The molecule has 4 rings (SSSR count). The average molecular weight is 567 g/mol. The van der Waals surface area contributed by atoms with Gasteiger partial charge in [0.2, 0.25) is 0 Å². The van der Waals surface area contributed by atoms with Gasteiger partial charge in [-0.05, 0) is 61.6 Å². The van der Waals surface area contributed by atoms with Crippen LogP contribution in [0.25, 0.3) is 0 Å². The zero-order valence-corrected chi connectivity index (χ0v) is 22.8. The Balaban J connectivity index is 1.54.